The first-order chi connectivity index (χ1) is 11.3. The maximum atomic E-state index is 12.4. The van der Waals surface area contributed by atoms with Crippen molar-refractivity contribution in [2.75, 3.05) is 7.11 Å². The van der Waals surface area contributed by atoms with Crippen molar-refractivity contribution in [3.63, 3.8) is 0 Å². The molecule has 6 nitrogen and oxygen atoms in total. The highest BCUT2D eigenvalue weighted by Gasteiger charge is 2.05. The number of carbonyl (C=O) groups excluding carboxylic acids is 1. The molecule has 1 aromatic heterocycles. The van der Waals surface area contributed by atoms with Crippen molar-refractivity contribution in [2.45, 2.75) is 0 Å². The lowest BCUT2D eigenvalue weighted by atomic mass is 10.1. The number of carbonyl (C=O) groups is 1. The van der Waals surface area contributed by atoms with E-state index in [1.54, 1.807) is 31.4 Å². The minimum absolute atomic E-state index is 0.106. The van der Waals surface area contributed by atoms with Crippen LogP contribution in [0.25, 0.3) is 11.8 Å². The van der Waals surface area contributed by atoms with Gasteiger partial charge in [0.25, 0.3) is 0 Å². The lowest BCUT2D eigenvalue weighted by Crippen LogP contribution is -1.99. The maximum Gasteiger partial charge on any atom is 0.185 e. The fourth-order valence-corrected chi connectivity index (χ4v) is 2.15. The van der Waals surface area contributed by atoms with Crippen LogP contribution in [0.2, 0.25) is 0 Å². The van der Waals surface area contributed by atoms with Gasteiger partial charge in [0, 0.05) is 11.1 Å². The van der Waals surface area contributed by atoms with Gasteiger partial charge in [0.05, 0.1) is 12.8 Å². The first kappa shape index (κ1) is 14.6. The van der Waals surface area contributed by atoms with Crippen LogP contribution in [-0.4, -0.2) is 33.1 Å². The Morgan fingerprint density at radius 2 is 2.04 bits per heavy atom. The molecule has 0 unspecified atom stereocenters. The number of tetrazole rings is 1. The van der Waals surface area contributed by atoms with Gasteiger partial charge in [0.2, 0.25) is 0 Å². The number of allylic oxidation sites excluding steroid dienone is 1. The molecule has 0 N–H and O–H groups in total. The normalized spacial score (nSPS) is 10.8. The number of para-hydroxylation sites is 1. The Labute approximate surface area is 133 Å². The van der Waals surface area contributed by atoms with E-state index in [4.69, 9.17) is 4.74 Å². The van der Waals surface area contributed by atoms with Crippen LogP contribution >= 0.6 is 0 Å². The van der Waals surface area contributed by atoms with E-state index in [2.05, 4.69) is 15.5 Å². The molecule has 3 aromatic rings. The maximum absolute atomic E-state index is 12.4. The lowest BCUT2D eigenvalue weighted by Gasteiger charge is -2.04. The van der Waals surface area contributed by atoms with Gasteiger partial charge in [0.1, 0.15) is 12.1 Å². The van der Waals surface area contributed by atoms with Gasteiger partial charge < -0.3 is 4.74 Å². The zero-order chi connectivity index (χ0) is 16.1. The number of benzene rings is 2. The van der Waals surface area contributed by atoms with E-state index in [1.165, 1.54) is 17.1 Å². The van der Waals surface area contributed by atoms with Crippen LogP contribution in [0.4, 0.5) is 0 Å². The third kappa shape index (κ3) is 3.32. The second-order valence-corrected chi connectivity index (χ2v) is 4.74. The van der Waals surface area contributed by atoms with Crippen LogP contribution in [0.5, 0.6) is 5.75 Å². The van der Waals surface area contributed by atoms with Gasteiger partial charge in [-0.05, 0) is 40.8 Å². The SMILES string of the molecule is COc1ccccc1/C=C/C(=O)c1cccc(-n2cnnn2)c1. The van der Waals surface area contributed by atoms with E-state index in [0.717, 1.165) is 17.0 Å². The summed E-state index contributed by atoms with van der Waals surface area (Å²) in [5.41, 5.74) is 2.13. The predicted molar refractivity (Wildman–Crippen MR) is 85.5 cm³/mol. The number of ketones is 1. The quantitative estimate of drug-likeness (QED) is 0.535. The summed E-state index contributed by atoms with van der Waals surface area (Å²) in [6.45, 7) is 0. The Bertz CT molecular complexity index is 841. The van der Waals surface area contributed by atoms with Crippen LogP contribution in [0.1, 0.15) is 15.9 Å². The highest BCUT2D eigenvalue weighted by Crippen LogP contribution is 2.19. The summed E-state index contributed by atoms with van der Waals surface area (Å²) in [6.07, 6.45) is 4.75. The van der Waals surface area contributed by atoms with Gasteiger partial charge >= 0.3 is 0 Å². The summed E-state index contributed by atoms with van der Waals surface area (Å²) < 4.78 is 6.76. The number of hydrogen-bond acceptors (Lipinski definition) is 5. The highest BCUT2D eigenvalue weighted by molar-refractivity contribution is 6.07. The number of ether oxygens (including phenoxy) is 1. The summed E-state index contributed by atoms with van der Waals surface area (Å²) in [5.74, 6) is 0.616. The number of nitrogens with zero attached hydrogens (tertiary/aromatic N) is 4. The first-order valence-corrected chi connectivity index (χ1v) is 6.97. The highest BCUT2D eigenvalue weighted by atomic mass is 16.5. The molecule has 114 valence electrons. The fraction of sp³-hybridized carbons (Fsp3) is 0.0588. The van der Waals surface area contributed by atoms with Gasteiger partial charge in [-0.3, -0.25) is 4.79 Å². The number of hydrogen-bond donors (Lipinski definition) is 0. The summed E-state index contributed by atoms with van der Waals surface area (Å²) in [5, 5.41) is 11.0. The molecule has 0 saturated carbocycles. The van der Waals surface area contributed by atoms with Crippen molar-refractivity contribution in [1.82, 2.24) is 20.2 Å². The summed E-state index contributed by atoms with van der Waals surface area (Å²) in [4.78, 5) is 12.4. The van der Waals surface area contributed by atoms with E-state index in [0.29, 0.717) is 5.56 Å². The van der Waals surface area contributed by atoms with Crippen molar-refractivity contribution in [2.24, 2.45) is 0 Å². The summed E-state index contributed by atoms with van der Waals surface area (Å²) in [6, 6.07) is 14.6. The monoisotopic (exact) mass is 306 g/mol. The topological polar surface area (TPSA) is 69.9 Å². The number of rotatable bonds is 5. The second kappa shape index (κ2) is 6.65. The standard InChI is InChI=1S/C17H14N4O2/c1-23-17-8-3-2-5-13(17)9-10-16(22)14-6-4-7-15(11-14)21-12-18-19-20-21/h2-12H,1H3/b10-9+. The Morgan fingerprint density at radius 3 is 2.83 bits per heavy atom. The molecular weight excluding hydrogens is 292 g/mol. The van der Waals surface area contributed by atoms with Crippen molar-refractivity contribution in [3.05, 3.63) is 72.1 Å². The average molecular weight is 306 g/mol. The molecule has 1 heterocycles. The molecule has 6 heteroatoms. The minimum Gasteiger partial charge on any atom is -0.496 e. The van der Waals surface area contributed by atoms with Gasteiger partial charge in [-0.15, -0.1) is 5.10 Å². The molecule has 0 aliphatic rings. The smallest absolute Gasteiger partial charge is 0.185 e. The second-order valence-electron chi connectivity index (χ2n) is 4.74. The minimum atomic E-state index is -0.106. The van der Waals surface area contributed by atoms with Gasteiger partial charge in [-0.2, -0.15) is 0 Å². The van der Waals surface area contributed by atoms with E-state index in [1.807, 2.05) is 30.3 Å². The van der Waals surface area contributed by atoms with Crippen LogP contribution in [0, 0.1) is 0 Å². The molecule has 0 atom stereocenters. The van der Waals surface area contributed by atoms with E-state index >= 15 is 0 Å². The molecule has 0 aliphatic carbocycles. The molecule has 0 amide bonds. The Hall–Kier alpha value is -3.28. The zero-order valence-corrected chi connectivity index (χ0v) is 12.5. The largest absolute Gasteiger partial charge is 0.496 e. The Balaban J connectivity index is 1.84. The molecule has 23 heavy (non-hydrogen) atoms. The Kier molecular flexibility index (Phi) is 4.24. The van der Waals surface area contributed by atoms with Gasteiger partial charge in [-0.1, -0.05) is 30.3 Å². The first-order valence-electron chi connectivity index (χ1n) is 6.97. The average Bonchev–Trinajstić information content (AvgIpc) is 3.14. The summed E-state index contributed by atoms with van der Waals surface area (Å²) >= 11 is 0. The van der Waals surface area contributed by atoms with Crippen LogP contribution in [-0.2, 0) is 0 Å². The lowest BCUT2D eigenvalue weighted by molar-refractivity contribution is 0.104. The van der Waals surface area contributed by atoms with Crippen molar-refractivity contribution < 1.29 is 9.53 Å². The van der Waals surface area contributed by atoms with Gasteiger partial charge in [-0.25, -0.2) is 4.68 Å². The van der Waals surface area contributed by atoms with E-state index < -0.39 is 0 Å². The number of methoxy groups -OCH3 is 1. The molecule has 0 aliphatic heterocycles. The fourth-order valence-electron chi connectivity index (χ4n) is 2.15. The van der Waals surface area contributed by atoms with Gasteiger partial charge in [0.15, 0.2) is 5.78 Å². The van der Waals surface area contributed by atoms with Crippen LogP contribution in [0.3, 0.4) is 0 Å². The van der Waals surface area contributed by atoms with Crippen molar-refractivity contribution in [1.29, 1.82) is 0 Å². The number of aromatic nitrogens is 4. The van der Waals surface area contributed by atoms with Crippen LogP contribution < -0.4 is 4.74 Å². The third-order valence-electron chi connectivity index (χ3n) is 3.30. The molecule has 0 saturated heterocycles. The molecule has 0 fully saturated rings. The summed E-state index contributed by atoms with van der Waals surface area (Å²) in [7, 11) is 1.60. The molecule has 2 aromatic carbocycles. The predicted octanol–water partition coefficient (Wildman–Crippen LogP) is 2.57. The van der Waals surface area contributed by atoms with Crippen LogP contribution in [0.15, 0.2) is 60.9 Å². The van der Waals surface area contributed by atoms with Crippen molar-refractivity contribution >= 4 is 11.9 Å². The van der Waals surface area contributed by atoms with E-state index in [-0.39, 0.29) is 5.78 Å². The molecule has 3 rings (SSSR count). The third-order valence-corrected chi connectivity index (χ3v) is 3.30. The molecule has 0 bridgehead atoms. The molecule has 0 spiro atoms. The zero-order valence-electron chi connectivity index (χ0n) is 12.5. The Morgan fingerprint density at radius 1 is 1.17 bits per heavy atom. The van der Waals surface area contributed by atoms with Crippen molar-refractivity contribution in [3.8, 4) is 11.4 Å². The molecular formula is C17H14N4O2. The van der Waals surface area contributed by atoms with E-state index in [9.17, 15) is 4.79 Å². The molecule has 0 radical (unpaired) electrons.